The van der Waals surface area contributed by atoms with E-state index in [1.54, 1.807) is 0 Å². The van der Waals surface area contributed by atoms with Crippen molar-refractivity contribution in [3.8, 4) is 0 Å². The first-order valence-corrected chi connectivity index (χ1v) is 8.83. The summed E-state index contributed by atoms with van der Waals surface area (Å²) in [5, 5.41) is 2.75. The van der Waals surface area contributed by atoms with Crippen molar-refractivity contribution in [1.29, 1.82) is 0 Å². The van der Waals surface area contributed by atoms with Crippen LogP contribution in [0.25, 0.3) is 0 Å². The molecule has 0 saturated heterocycles. The lowest BCUT2D eigenvalue weighted by Crippen LogP contribution is -2.21. The first-order valence-electron chi connectivity index (χ1n) is 6.91. The van der Waals surface area contributed by atoms with E-state index in [1.165, 1.54) is 18.3 Å². The number of nitrogens with one attached hydrogen (secondary N) is 1. The van der Waals surface area contributed by atoms with Gasteiger partial charge in [0.15, 0.2) is 6.61 Å². The molecule has 0 fully saturated rings. The van der Waals surface area contributed by atoms with E-state index < -0.39 is 39.0 Å². The number of sulfone groups is 1. The number of hydrogen-bond donors (Lipinski definition) is 1. The zero-order chi connectivity index (χ0) is 19.3. The van der Waals surface area contributed by atoms with Gasteiger partial charge in [-0.05, 0) is 36.4 Å². The molecule has 0 aliphatic carbocycles. The third-order valence-corrected chi connectivity index (χ3v) is 4.60. The minimum absolute atomic E-state index is 0.101. The van der Waals surface area contributed by atoms with Crippen LogP contribution in [-0.4, -0.2) is 37.6 Å². The second-order valence-electron chi connectivity index (χ2n) is 4.82. The monoisotopic (exact) mass is 404 g/mol. The topological polar surface area (TPSA) is 102 Å². The highest BCUT2D eigenvalue weighted by Gasteiger charge is 2.26. The Labute approximate surface area is 151 Å². The summed E-state index contributed by atoms with van der Waals surface area (Å²) in [6, 6.07) is 6.69. The SMILES string of the molecule is O=C(COC(=O)c1ccc(S(=O)(=O)C(F)F)cc1)Nc1ccc(Cl)cn1. The van der Waals surface area contributed by atoms with E-state index in [0.717, 1.165) is 24.3 Å². The quantitative estimate of drug-likeness (QED) is 0.742. The van der Waals surface area contributed by atoms with Gasteiger partial charge in [-0.2, -0.15) is 8.78 Å². The summed E-state index contributed by atoms with van der Waals surface area (Å²) in [7, 11) is -4.75. The maximum atomic E-state index is 12.4. The molecule has 1 aromatic heterocycles. The van der Waals surface area contributed by atoms with Crippen LogP contribution in [0.4, 0.5) is 14.6 Å². The van der Waals surface area contributed by atoms with Crippen LogP contribution < -0.4 is 5.32 Å². The number of ether oxygens (including phenoxy) is 1. The molecule has 0 aliphatic heterocycles. The Bertz CT molecular complexity index is 903. The minimum atomic E-state index is -4.75. The number of rotatable bonds is 6. The van der Waals surface area contributed by atoms with Gasteiger partial charge >= 0.3 is 11.7 Å². The molecule has 0 bridgehead atoms. The summed E-state index contributed by atoms with van der Waals surface area (Å²) in [4.78, 5) is 26.7. The standard InChI is InChI=1S/C15H11ClF2N2O5S/c16-10-3-6-12(19-7-10)20-13(21)8-25-14(22)9-1-4-11(5-2-9)26(23,24)15(17)18/h1-7,15H,8H2,(H,19,20,21). The van der Waals surface area contributed by atoms with Crippen molar-refractivity contribution in [3.63, 3.8) is 0 Å². The van der Waals surface area contributed by atoms with Crippen molar-refractivity contribution in [2.75, 3.05) is 11.9 Å². The Morgan fingerprint density at radius 3 is 2.35 bits per heavy atom. The average molecular weight is 405 g/mol. The summed E-state index contributed by atoms with van der Waals surface area (Å²) < 4.78 is 52.2. The molecule has 1 aromatic carbocycles. The van der Waals surface area contributed by atoms with Gasteiger partial charge in [0, 0.05) is 6.20 Å². The van der Waals surface area contributed by atoms with Crippen molar-refractivity contribution < 1.29 is 31.5 Å². The number of aromatic nitrogens is 1. The number of pyridine rings is 1. The molecule has 0 spiro atoms. The molecule has 26 heavy (non-hydrogen) atoms. The van der Waals surface area contributed by atoms with Crippen molar-refractivity contribution in [1.82, 2.24) is 4.98 Å². The van der Waals surface area contributed by atoms with Gasteiger partial charge < -0.3 is 10.1 Å². The largest absolute Gasteiger partial charge is 0.452 e. The first-order chi connectivity index (χ1) is 12.2. The van der Waals surface area contributed by atoms with E-state index in [-0.39, 0.29) is 11.4 Å². The maximum Gasteiger partial charge on any atom is 0.341 e. The zero-order valence-corrected chi connectivity index (χ0v) is 14.4. The lowest BCUT2D eigenvalue weighted by Gasteiger charge is -2.07. The number of benzene rings is 1. The van der Waals surface area contributed by atoms with Crippen LogP contribution in [0.1, 0.15) is 10.4 Å². The number of esters is 1. The molecule has 11 heteroatoms. The zero-order valence-electron chi connectivity index (χ0n) is 12.9. The molecule has 7 nitrogen and oxygen atoms in total. The van der Waals surface area contributed by atoms with E-state index in [1.807, 2.05) is 0 Å². The van der Waals surface area contributed by atoms with Gasteiger partial charge in [-0.15, -0.1) is 0 Å². The Morgan fingerprint density at radius 1 is 1.15 bits per heavy atom. The molecule has 1 heterocycles. The van der Waals surface area contributed by atoms with Crippen LogP contribution in [-0.2, 0) is 19.4 Å². The average Bonchev–Trinajstić information content (AvgIpc) is 2.61. The minimum Gasteiger partial charge on any atom is -0.452 e. The van der Waals surface area contributed by atoms with Gasteiger partial charge in [0.2, 0.25) is 9.84 Å². The Hall–Kier alpha value is -2.59. The summed E-state index contributed by atoms with van der Waals surface area (Å²) in [5.41, 5.74) is -0.101. The van der Waals surface area contributed by atoms with Gasteiger partial charge in [-0.3, -0.25) is 4.79 Å². The second-order valence-corrected chi connectivity index (χ2v) is 7.17. The fourth-order valence-corrected chi connectivity index (χ4v) is 2.56. The third kappa shape index (κ3) is 4.96. The van der Waals surface area contributed by atoms with Gasteiger partial charge in [-0.1, -0.05) is 11.6 Å². The Kier molecular flexibility index (Phi) is 6.22. The summed E-state index contributed by atoms with van der Waals surface area (Å²) in [5.74, 6) is -4.95. The number of nitrogens with zero attached hydrogens (tertiary/aromatic N) is 1. The van der Waals surface area contributed by atoms with Crippen molar-refractivity contribution >= 4 is 39.1 Å². The highest BCUT2D eigenvalue weighted by atomic mass is 35.5. The first kappa shape index (κ1) is 19.7. The van der Waals surface area contributed by atoms with Crippen LogP contribution in [0.15, 0.2) is 47.5 Å². The molecular formula is C15H11ClF2N2O5S. The van der Waals surface area contributed by atoms with E-state index in [9.17, 15) is 26.8 Å². The highest BCUT2D eigenvalue weighted by molar-refractivity contribution is 7.91. The van der Waals surface area contributed by atoms with Crippen LogP contribution in [0, 0.1) is 0 Å². The van der Waals surface area contributed by atoms with Crippen molar-refractivity contribution in [2.45, 2.75) is 10.7 Å². The number of halogens is 3. The number of anilines is 1. The molecule has 0 aliphatic rings. The Morgan fingerprint density at radius 2 is 1.81 bits per heavy atom. The molecule has 0 radical (unpaired) electrons. The van der Waals surface area contributed by atoms with Gasteiger partial charge in [-0.25, -0.2) is 18.2 Å². The van der Waals surface area contributed by atoms with E-state index in [2.05, 4.69) is 10.3 Å². The fraction of sp³-hybridized carbons (Fsp3) is 0.133. The predicted octanol–water partition coefficient (Wildman–Crippen LogP) is 2.53. The van der Waals surface area contributed by atoms with Crippen LogP contribution >= 0.6 is 11.6 Å². The van der Waals surface area contributed by atoms with E-state index in [4.69, 9.17) is 16.3 Å². The molecule has 2 aromatic rings. The lowest BCUT2D eigenvalue weighted by atomic mass is 10.2. The molecule has 1 amide bonds. The van der Waals surface area contributed by atoms with Gasteiger partial charge in [0.25, 0.3) is 5.91 Å². The van der Waals surface area contributed by atoms with E-state index >= 15 is 0 Å². The number of alkyl halides is 2. The van der Waals surface area contributed by atoms with Crippen LogP contribution in [0.3, 0.4) is 0 Å². The van der Waals surface area contributed by atoms with Crippen molar-refractivity contribution in [3.05, 3.63) is 53.2 Å². The predicted molar refractivity (Wildman–Crippen MR) is 87.8 cm³/mol. The fourth-order valence-electron chi connectivity index (χ4n) is 1.73. The number of carbonyl (C=O) groups is 2. The molecule has 0 unspecified atom stereocenters. The van der Waals surface area contributed by atoms with E-state index in [0.29, 0.717) is 5.02 Å². The molecule has 0 saturated carbocycles. The normalized spacial score (nSPS) is 11.2. The Balaban J connectivity index is 1.93. The molecule has 0 atom stereocenters. The second kappa shape index (κ2) is 8.19. The van der Waals surface area contributed by atoms with Gasteiger partial charge in [0.1, 0.15) is 5.82 Å². The maximum absolute atomic E-state index is 12.4. The number of amides is 1. The molecule has 138 valence electrons. The van der Waals surface area contributed by atoms with Crippen LogP contribution in [0.2, 0.25) is 5.02 Å². The smallest absolute Gasteiger partial charge is 0.341 e. The summed E-state index contributed by atoms with van der Waals surface area (Å²) in [6.07, 6.45) is 1.32. The van der Waals surface area contributed by atoms with Crippen molar-refractivity contribution in [2.24, 2.45) is 0 Å². The lowest BCUT2D eigenvalue weighted by molar-refractivity contribution is -0.119. The molecule has 1 N–H and O–H groups in total. The number of hydrogen-bond acceptors (Lipinski definition) is 6. The van der Waals surface area contributed by atoms with Crippen LogP contribution in [0.5, 0.6) is 0 Å². The third-order valence-electron chi connectivity index (χ3n) is 2.98. The summed E-state index contributed by atoms with van der Waals surface area (Å²) in [6.45, 7) is -0.625. The molecular weight excluding hydrogens is 394 g/mol. The summed E-state index contributed by atoms with van der Waals surface area (Å²) >= 11 is 5.65. The number of carbonyl (C=O) groups excluding carboxylic acids is 2. The molecule has 2 rings (SSSR count). The highest BCUT2D eigenvalue weighted by Crippen LogP contribution is 2.19. The van der Waals surface area contributed by atoms with Gasteiger partial charge in [0.05, 0.1) is 15.5 Å².